The molecule has 0 fully saturated rings. The molecule has 2 aromatic carbocycles. The van der Waals surface area contributed by atoms with E-state index >= 15 is 0 Å². The zero-order chi connectivity index (χ0) is 20.0. The molecule has 1 amide bonds. The molecule has 0 bridgehead atoms. The first kappa shape index (κ1) is 20.9. The van der Waals surface area contributed by atoms with E-state index in [-0.39, 0.29) is 18.5 Å². The summed E-state index contributed by atoms with van der Waals surface area (Å²) >= 11 is 0. The third kappa shape index (κ3) is 6.08. The lowest BCUT2D eigenvalue weighted by Gasteiger charge is -2.26. The maximum Gasteiger partial charge on any atom is 0.241 e. The van der Waals surface area contributed by atoms with Gasteiger partial charge in [-0.3, -0.25) is 9.10 Å². The molecule has 0 aliphatic heterocycles. The fourth-order valence-electron chi connectivity index (χ4n) is 2.88. The molecule has 6 nitrogen and oxygen atoms in total. The van der Waals surface area contributed by atoms with Gasteiger partial charge in [0.15, 0.2) is 0 Å². The van der Waals surface area contributed by atoms with Crippen molar-refractivity contribution in [3.8, 4) is 0 Å². The smallest absolute Gasteiger partial charge is 0.241 e. The molecule has 7 heteroatoms. The van der Waals surface area contributed by atoms with Crippen LogP contribution in [-0.4, -0.2) is 52.7 Å². The van der Waals surface area contributed by atoms with Crippen LogP contribution in [0.15, 0.2) is 54.6 Å². The minimum Gasteiger partial charge on any atom is -0.346 e. The molecular weight excluding hydrogens is 362 g/mol. The molecule has 1 atom stereocenters. The number of carbonyl (C=O) groups excluding carboxylic acids is 1. The summed E-state index contributed by atoms with van der Waals surface area (Å²) in [6, 6.07) is 16.5. The summed E-state index contributed by atoms with van der Waals surface area (Å²) in [6.45, 7) is 2.17. The van der Waals surface area contributed by atoms with Crippen LogP contribution >= 0.6 is 0 Å². The Morgan fingerprint density at radius 3 is 2.19 bits per heavy atom. The summed E-state index contributed by atoms with van der Waals surface area (Å²) in [6.07, 6.45) is 1.11. The second-order valence-corrected chi connectivity index (χ2v) is 8.76. The number of likely N-dealkylation sites (N-methyl/N-ethyl adjacent to an activating group) is 1. The van der Waals surface area contributed by atoms with Gasteiger partial charge in [-0.1, -0.05) is 48.5 Å². The van der Waals surface area contributed by atoms with Gasteiger partial charge in [0.2, 0.25) is 15.9 Å². The molecule has 0 heterocycles. The summed E-state index contributed by atoms with van der Waals surface area (Å²) in [5.41, 5.74) is 2.28. The van der Waals surface area contributed by atoms with Gasteiger partial charge in [0.1, 0.15) is 6.54 Å². The molecule has 2 aromatic rings. The summed E-state index contributed by atoms with van der Waals surface area (Å²) in [5.74, 6) is -0.348. The molecule has 27 heavy (non-hydrogen) atoms. The lowest BCUT2D eigenvalue weighted by molar-refractivity contribution is -0.120. The Labute approximate surface area is 161 Å². The monoisotopic (exact) mass is 389 g/mol. The van der Waals surface area contributed by atoms with E-state index in [1.807, 2.05) is 68.4 Å². The third-order valence-corrected chi connectivity index (χ3v) is 5.28. The fraction of sp³-hybridized carbons (Fsp3) is 0.350. The number of nitrogens with zero attached hydrogens (tertiary/aromatic N) is 2. The SMILES string of the molecule is Cc1ccccc1N(CC(=O)N[C@H](CN(C)C)c1ccccc1)S(C)(=O)=O. The predicted molar refractivity (Wildman–Crippen MR) is 109 cm³/mol. The zero-order valence-corrected chi connectivity index (χ0v) is 17.0. The Morgan fingerprint density at radius 2 is 1.63 bits per heavy atom. The Morgan fingerprint density at radius 1 is 1.04 bits per heavy atom. The average Bonchev–Trinajstić information content (AvgIpc) is 2.59. The quantitative estimate of drug-likeness (QED) is 0.751. The highest BCUT2D eigenvalue weighted by molar-refractivity contribution is 7.92. The molecule has 146 valence electrons. The van der Waals surface area contributed by atoms with Gasteiger partial charge in [-0.15, -0.1) is 0 Å². The molecule has 0 unspecified atom stereocenters. The summed E-state index contributed by atoms with van der Waals surface area (Å²) in [4.78, 5) is 14.7. The van der Waals surface area contributed by atoms with Crippen LogP contribution in [0.1, 0.15) is 17.2 Å². The molecule has 0 aliphatic carbocycles. The molecule has 0 aliphatic rings. The normalized spacial score (nSPS) is 12.6. The summed E-state index contributed by atoms with van der Waals surface area (Å²) in [5, 5.41) is 2.97. The highest BCUT2D eigenvalue weighted by Gasteiger charge is 2.24. The van der Waals surface area contributed by atoms with Crippen LogP contribution < -0.4 is 9.62 Å². The average molecular weight is 390 g/mol. The minimum absolute atomic E-state index is 0.230. The van der Waals surface area contributed by atoms with Crippen molar-refractivity contribution in [2.24, 2.45) is 0 Å². The van der Waals surface area contributed by atoms with Gasteiger partial charge in [0, 0.05) is 6.54 Å². The number of para-hydroxylation sites is 1. The van der Waals surface area contributed by atoms with Crippen LogP contribution in [0.3, 0.4) is 0 Å². The first-order valence-corrected chi connectivity index (χ1v) is 10.6. The number of sulfonamides is 1. The van der Waals surface area contributed by atoms with Crippen molar-refractivity contribution in [3.63, 3.8) is 0 Å². The van der Waals surface area contributed by atoms with Gasteiger partial charge in [0.05, 0.1) is 18.0 Å². The Balaban J connectivity index is 2.22. The fourth-order valence-corrected chi connectivity index (χ4v) is 3.79. The lowest BCUT2D eigenvalue weighted by atomic mass is 10.1. The Hall–Kier alpha value is -2.38. The van der Waals surface area contributed by atoms with Crippen LogP contribution in [0.4, 0.5) is 5.69 Å². The van der Waals surface area contributed by atoms with Crippen LogP contribution in [0.25, 0.3) is 0 Å². The number of aryl methyl sites for hydroxylation is 1. The Bertz CT molecular complexity index is 867. The number of carbonyl (C=O) groups is 1. The van der Waals surface area contributed by atoms with Gasteiger partial charge < -0.3 is 10.2 Å². The molecule has 0 spiro atoms. The Kier molecular flexibility index (Phi) is 6.98. The highest BCUT2D eigenvalue weighted by Crippen LogP contribution is 2.22. The third-order valence-electron chi connectivity index (χ3n) is 4.16. The van der Waals surface area contributed by atoms with Crippen LogP contribution in [-0.2, 0) is 14.8 Å². The van der Waals surface area contributed by atoms with Crippen molar-refractivity contribution in [1.82, 2.24) is 10.2 Å². The van der Waals surface area contributed by atoms with Gasteiger partial charge in [-0.25, -0.2) is 8.42 Å². The molecule has 2 rings (SSSR count). The second-order valence-electron chi connectivity index (χ2n) is 6.85. The standard InChI is InChI=1S/C20H27N3O3S/c1-16-10-8-9-13-19(16)23(27(4,25)26)15-20(24)21-18(14-22(2)3)17-11-6-5-7-12-17/h5-13,18H,14-15H2,1-4H3,(H,21,24)/t18-/m1/s1. The van der Waals surface area contributed by atoms with E-state index in [0.717, 1.165) is 21.7 Å². The predicted octanol–water partition coefficient (Wildman–Crippen LogP) is 2.18. The van der Waals surface area contributed by atoms with Crippen molar-refractivity contribution >= 4 is 21.6 Å². The van der Waals surface area contributed by atoms with E-state index < -0.39 is 10.0 Å². The van der Waals surface area contributed by atoms with Crippen LogP contribution in [0.5, 0.6) is 0 Å². The van der Waals surface area contributed by atoms with Crippen molar-refractivity contribution in [3.05, 3.63) is 65.7 Å². The maximum atomic E-state index is 12.7. The van der Waals surface area contributed by atoms with E-state index in [4.69, 9.17) is 0 Å². The number of amides is 1. The van der Waals surface area contributed by atoms with Gasteiger partial charge in [0.25, 0.3) is 0 Å². The van der Waals surface area contributed by atoms with E-state index in [1.54, 1.807) is 12.1 Å². The van der Waals surface area contributed by atoms with Crippen LogP contribution in [0, 0.1) is 6.92 Å². The van der Waals surface area contributed by atoms with Gasteiger partial charge >= 0.3 is 0 Å². The number of benzene rings is 2. The first-order chi connectivity index (χ1) is 12.7. The largest absolute Gasteiger partial charge is 0.346 e. The van der Waals surface area contributed by atoms with Gasteiger partial charge in [-0.2, -0.15) is 0 Å². The second kappa shape index (κ2) is 9.01. The van der Waals surface area contributed by atoms with E-state index in [9.17, 15) is 13.2 Å². The minimum atomic E-state index is -3.60. The number of rotatable bonds is 8. The highest BCUT2D eigenvalue weighted by atomic mass is 32.2. The van der Waals surface area contributed by atoms with Crippen LogP contribution in [0.2, 0.25) is 0 Å². The number of hydrogen-bond acceptors (Lipinski definition) is 4. The lowest BCUT2D eigenvalue weighted by Crippen LogP contribution is -2.43. The first-order valence-electron chi connectivity index (χ1n) is 8.71. The molecule has 0 aromatic heterocycles. The van der Waals surface area contributed by atoms with E-state index in [2.05, 4.69) is 5.32 Å². The molecule has 0 radical (unpaired) electrons. The van der Waals surface area contributed by atoms with Crippen molar-refractivity contribution in [2.75, 3.05) is 37.7 Å². The number of hydrogen-bond donors (Lipinski definition) is 1. The van der Waals surface area contributed by atoms with Gasteiger partial charge in [-0.05, 0) is 38.2 Å². The van der Waals surface area contributed by atoms with Crippen molar-refractivity contribution < 1.29 is 13.2 Å². The molecule has 1 N–H and O–H groups in total. The summed E-state index contributed by atoms with van der Waals surface area (Å²) < 4.78 is 25.7. The number of nitrogens with one attached hydrogen (secondary N) is 1. The topological polar surface area (TPSA) is 69.7 Å². The maximum absolute atomic E-state index is 12.7. The van der Waals surface area contributed by atoms with Crippen molar-refractivity contribution in [1.29, 1.82) is 0 Å². The van der Waals surface area contributed by atoms with Crippen molar-refractivity contribution in [2.45, 2.75) is 13.0 Å². The zero-order valence-electron chi connectivity index (χ0n) is 16.2. The number of anilines is 1. The van der Waals surface area contributed by atoms with E-state index in [0.29, 0.717) is 12.2 Å². The van der Waals surface area contributed by atoms with E-state index in [1.165, 1.54) is 0 Å². The molecule has 0 saturated heterocycles. The summed E-state index contributed by atoms with van der Waals surface area (Å²) in [7, 11) is 0.261. The molecule has 0 saturated carbocycles. The molecular formula is C20H27N3O3S.